The van der Waals surface area contributed by atoms with E-state index in [1.165, 1.54) is 61.2 Å². The molecule has 0 atom stereocenters. The summed E-state index contributed by atoms with van der Waals surface area (Å²) in [5, 5.41) is 0. The first-order valence-corrected chi connectivity index (χ1v) is 16.4. The highest BCUT2D eigenvalue weighted by Crippen LogP contribution is 2.52. The van der Waals surface area contributed by atoms with E-state index in [1.807, 2.05) is 0 Å². The Hall–Kier alpha value is -5.86. The minimum atomic E-state index is 0.862. The molecule has 0 saturated heterocycles. The van der Waals surface area contributed by atoms with Gasteiger partial charge in [-0.05, 0) is 123 Å². The highest BCUT2D eigenvalue weighted by atomic mass is 16.5. The van der Waals surface area contributed by atoms with Crippen LogP contribution in [0.2, 0.25) is 0 Å². The quantitative estimate of drug-likeness (QED) is 0.200. The fourth-order valence-corrected chi connectivity index (χ4v) is 7.79. The molecule has 222 valence electrons. The molecule has 0 radical (unpaired) electrons. The number of aryl methyl sites for hydroxylation is 1. The second kappa shape index (κ2) is 10.1. The first kappa shape index (κ1) is 26.4. The van der Waals surface area contributed by atoms with E-state index in [0.29, 0.717) is 0 Å². The fraction of sp³-hybridized carbons (Fsp3) is 0.0667. The Balaban J connectivity index is 1.05. The zero-order valence-electron chi connectivity index (χ0n) is 26.1. The Labute approximate surface area is 275 Å². The summed E-state index contributed by atoms with van der Waals surface area (Å²) in [5.74, 6) is 1.72. The molecule has 7 aromatic rings. The van der Waals surface area contributed by atoms with E-state index in [0.717, 1.165) is 52.5 Å². The van der Waals surface area contributed by atoms with Crippen molar-refractivity contribution >= 4 is 17.1 Å². The van der Waals surface area contributed by atoms with Gasteiger partial charge in [-0.25, -0.2) is 0 Å². The normalized spacial score (nSPS) is 13.2. The van der Waals surface area contributed by atoms with Crippen molar-refractivity contribution in [3.63, 3.8) is 0 Å². The average Bonchev–Trinajstić information content (AvgIpc) is 3.68. The number of benzene rings is 7. The lowest BCUT2D eigenvalue weighted by Gasteiger charge is -2.33. The van der Waals surface area contributed by atoms with Gasteiger partial charge in [0, 0.05) is 5.69 Å². The van der Waals surface area contributed by atoms with E-state index in [4.69, 9.17) is 4.74 Å². The molecule has 7 aromatic carbocycles. The predicted octanol–water partition coefficient (Wildman–Crippen LogP) is 12.0. The minimum Gasteiger partial charge on any atom is -0.453 e. The number of anilines is 3. The van der Waals surface area contributed by atoms with E-state index in [1.54, 1.807) is 0 Å². The van der Waals surface area contributed by atoms with Gasteiger partial charge >= 0.3 is 0 Å². The molecule has 3 aliphatic rings. The molecule has 0 unspecified atom stereocenters. The zero-order chi connectivity index (χ0) is 31.1. The fourth-order valence-electron chi connectivity index (χ4n) is 7.79. The largest absolute Gasteiger partial charge is 0.453 e. The van der Waals surface area contributed by atoms with Crippen molar-refractivity contribution in [3.8, 4) is 56.0 Å². The van der Waals surface area contributed by atoms with Crippen LogP contribution in [0.1, 0.15) is 27.8 Å². The number of hydrogen-bond acceptors (Lipinski definition) is 2. The molecule has 0 aromatic heterocycles. The van der Waals surface area contributed by atoms with Crippen LogP contribution in [-0.2, 0) is 12.8 Å². The van der Waals surface area contributed by atoms with Gasteiger partial charge in [0.25, 0.3) is 0 Å². The molecule has 0 bridgehead atoms. The topological polar surface area (TPSA) is 12.5 Å². The monoisotopic (exact) mass is 601 g/mol. The molecule has 0 fully saturated rings. The second-order valence-corrected chi connectivity index (χ2v) is 13.0. The van der Waals surface area contributed by atoms with E-state index in [-0.39, 0.29) is 0 Å². The first-order valence-electron chi connectivity index (χ1n) is 16.4. The molecule has 10 rings (SSSR count). The molecule has 1 aliphatic heterocycles. The van der Waals surface area contributed by atoms with E-state index >= 15 is 0 Å². The molecule has 1 heterocycles. The highest BCUT2D eigenvalue weighted by molar-refractivity contribution is 5.90. The Morgan fingerprint density at radius 1 is 0.426 bits per heavy atom. The SMILES string of the molecule is Cc1ccc(N2c3ccc(-c4ccc5c(c4)Cc4ccccc4-5)cc3Oc3cc(-c4ccc5c(c4)Cc4ccccc4-5)ccc32)cc1. The summed E-state index contributed by atoms with van der Waals surface area (Å²) in [6.45, 7) is 2.13. The molecular formula is C45H31NO. The summed E-state index contributed by atoms with van der Waals surface area (Å²) >= 11 is 0. The van der Waals surface area contributed by atoms with Crippen molar-refractivity contribution in [1.29, 1.82) is 0 Å². The lowest BCUT2D eigenvalue weighted by atomic mass is 9.97. The van der Waals surface area contributed by atoms with Gasteiger partial charge in [-0.1, -0.05) is 115 Å². The van der Waals surface area contributed by atoms with Gasteiger partial charge < -0.3 is 9.64 Å². The zero-order valence-corrected chi connectivity index (χ0v) is 26.1. The Bertz CT molecular complexity index is 2250. The predicted molar refractivity (Wildman–Crippen MR) is 193 cm³/mol. The standard InChI is InChI=1S/C45H31NO/c1-28-10-16-37(17-11-28)46-42-20-14-31(29-12-18-40-35(22-29)24-33-6-2-4-8-38(33)40)26-44(42)47-45-27-32(15-21-43(45)46)30-13-19-41-36(23-30)25-34-7-3-5-9-39(34)41/h2-23,26-27H,24-25H2,1H3. The average molecular weight is 602 g/mol. The minimum absolute atomic E-state index is 0.862. The summed E-state index contributed by atoms with van der Waals surface area (Å²) in [4.78, 5) is 2.33. The van der Waals surface area contributed by atoms with Crippen LogP contribution in [0.15, 0.2) is 146 Å². The van der Waals surface area contributed by atoms with Crippen molar-refractivity contribution < 1.29 is 4.74 Å². The van der Waals surface area contributed by atoms with Crippen LogP contribution in [0.5, 0.6) is 11.5 Å². The number of fused-ring (bicyclic) bond motifs is 8. The van der Waals surface area contributed by atoms with Gasteiger partial charge in [-0.15, -0.1) is 0 Å². The van der Waals surface area contributed by atoms with Gasteiger partial charge in [0.1, 0.15) is 0 Å². The van der Waals surface area contributed by atoms with Crippen LogP contribution in [0.4, 0.5) is 17.1 Å². The van der Waals surface area contributed by atoms with Crippen molar-refractivity contribution in [1.82, 2.24) is 0 Å². The maximum atomic E-state index is 6.82. The summed E-state index contributed by atoms with van der Waals surface area (Å²) in [6.07, 6.45) is 1.96. The molecule has 2 heteroatoms. The van der Waals surface area contributed by atoms with Crippen LogP contribution in [0.25, 0.3) is 44.5 Å². The molecule has 2 aliphatic carbocycles. The van der Waals surface area contributed by atoms with E-state index < -0.39 is 0 Å². The third kappa shape index (κ3) is 4.18. The molecular weight excluding hydrogens is 571 g/mol. The van der Waals surface area contributed by atoms with Gasteiger partial charge in [0.15, 0.2) is 11.5 Å². The number of hydrogen-bond donors (Lipinski definition) is 0. The third-order valence-electron chi connectivity index (χ3n) is 10.2. The summed E-state index contributed by atoms with van der Waals surface area (Å²) in [7, 11) is 0. The van der Waals surface area contributed by atoms with Gasteiger partial charge in [0.05, 0.1) is 11.4 Å². The molecule has 2 nitrogen and oxygen atoms in total. The van der Waals surface area contributed by atoms with Crippen LogP contribution < -0.4 is 9.64 Å². The lowest BCUT2D eigenvalue weighted by Crippen LogP contribution is -2.16. The van der Waals surface area contributed by atoms with Crippen molar-refractivity contribution in [2.75, 3.05) is 4.90 Å². The number of rotatable bonds is 3. The smallest absolute Gasteiger partial charge is 0.152 e. The highest BCUT2D eigenvalue weighted by Gasteiger charge is 2.28. The Morgan fingerprint density at radius 2 is 0.872 bits per heavy atom. The Morgan fingerprint density at radius 3 is 1.40 bits per heavy atom. The van der Waals surface area contributed by atoms with Crippen molar-refractivity contribution in [2.45, 2.75) is 19.8 Å². The van der Waals surface area contributed by atoms with Crippen LogP contribution >= 0.6 is 0 Å². The second-order valence-electron chi connectivity index (χ2n) is 13.0. The van der Waals surface area contributed by atoms with Crippen LogP contribution in [0.3, 0.4) is 0 Å². The molecule has 47 heavy (non-hydrogen) atoms. The summed E-state index contributed by atoms with van der Waals surface area (Å²) < 4.78 is 6.82. The molecule has 0 spiro atoms. The number of nitrogens with zero attached hydrogens (tertiary/aromatic N) is 1. The maximum Gasteiger partial charge on any atom is 0.152 e. The molecule has 0 N–H and O–H groups in total. The van der Waals surface area contributed by atoms with Crippen LogP contribution in [0, 0.1) is 6.92 Å². The van der Waals surface area contributed by atoms with E-state index in [2.05, 4.69) is 157 Å². The Kier molecular flexibility index (Phi) is 5.65. The maximum absolute atomic E-state index is 6.82. The molecule has 0 saturated carbocycles. The van der Waals surface area contributed by atoms with E-state index in [9.17, 15) is 0 Å². The van der Waals surface area contributed by atoms with Gasteiger partial charge in [0.2, 0.25) is 0 Å². The van der Waals surface area contributed by atoms with Gasteiger partial charge in [-0.3, -0.25) is 0 Å². The number of ether oxygens (including phenoxy) is 1. The van der Waals surface area contributed by atoms with Crippen molar-refractivity contribution in [2.24, 2.45) is 0 Å². The third-order valence-corrected chi connectivity index (χ3v) is 10.2. The van der Waals surface area contributed by atoms with Crippen LogP contribution in [-0.4, -0.2) is 0 Å². The summed E-state index contributed by atoms with van der Waals surface area (Å²) in [5.41, 5.74) is 20.2. The summed E-state index contributed by atoms with van der Waals surface area (Å²) in [6, 6.07) is 53.4. The molecule has 0 amide bonds. The van der Waals surface area contributed by atoms with Crippen molar-refractivity contribution in [3.05, 3.63) is 173 Å². The lowest BCUT2D eigenvalue weighted by molar-refractivity contribution is 0.477. The van der Waals surface area contributed by atoms with Gasteiger partial charge in [-0.2, -0.15) is 0 Å². The first-order chi connectivity index (χ1) is 23.2.